The van der Waals surface area contributed by atoms with Gasteiger partial charge in [0.2, 0.25) is 0 Å². The quantitative estimate of drug-likeness (QED) is 0.683. The molecule has 5 nitrogen and oxygen atoms in total. The van der Waals surface area contributed by atoms with Crippen molar-refractivity contribution in [3.8, 4) is 0 Å². The Labute approximate surface area is 104 Å². The van der Waals surface area contributed by atoms with Crippen molar-refractivity contribution >= 4 is 6.09 Å². The van der Waals surface area contributed by atoms with Crippen LogP contribution in [0.25, 0.3) is 0 Å². The highest BCUT2D eigenvalue weighted by atomic mass is 16.6. The molecule has 0 radical (unpaired) electrons. The van der Waals surface area contributed by atoms with Gasteiger partial charge in [-0.2, -0.15) is 0 Å². The van der Waals surface area contributed by atoms with E-state index in [9.17, 15) is 4.79 Å². The van der Waals surface area contributed by atoms with Gasteiger partial charge < -0.3 is 20.5 Å². The lowest BCUT2D eigenvalue weighted by molar-refractivity contribution is 0.0471. The Morgan fingerprint density at radius 3 is 2.24 bits per heavy atom. The molecule has 1 amide bonds. The van der Waals surface area contributed by atoms with Gasteiger partial charge in [0.05, 0.1) is 11.6 Å². The number of hydrogen-bond donors (Lipinski definition) is 3. The molecule has 0 heterocycles. The fraction of sp³-hybridized carbons (Fsp3) is 0.917. The van der Waals surface area contributed by atoms with Crippen molar-refractivity contribution in [1.82, 2.24) is 10.6 Å². The highest BCUT2D eigenvalue weighted by Gasteiger charge is 2.24. The van der Waals surface area contributed by atoms with Crippen LogP contribution in [0.3, 0.4) is 0 Å². The van der Waals surface area contributed by atoms with E-state index >= 15 is 0 Å². The maximum Gasteiger partial charge on any atom is 0.408 e. The molecule has 0 spiro atoms. The fourth-order valence-corrected chi connectivity index (χ4v) is 1.22. The Kier molecular flexibility index (Phi) is 5.92. The smallest absolute Gasteiger partial charge is 0.408 e. The van der Waals surface area contributed by atoms with Gasteiger partial charge in [0.15, 0.2) is 0 Å². The van der Waals surface area contributed by atoms with Gasteiger partial charge in [-0.05, 0) is 41.5 Å². The van der Waals surface area contributed by atoms with Gasteiger partial charge >= 0.3 is 6.09 Å². The molecular weight excluding hydrogens is 220 g/mol. The van der Waals surface area contributed by atoms with Crippen LogP contribution < -0.4 is 10.6 Å². The van der Waals surface area contributed by atoms with Crippen molar-refractivity contribution in [3.63, 3.8) is 0 Å². The number of amides is 1. The van der Waals surface area contributed by atoms with E-state index in [0.29, 0.717) is 13.1 Å². The average molecular weight is 246 g/mol. The largest absolute Gasteiger partial charge is 0.444 e. The number of aliphatic hydroxyl groups excluding tert-OH is 1. The van der Waals surface area contributed by atoms with Gasteiger partial charge in [-0.3, -0.25) is 0 Å². The summed E-state index contributed by atoms with van der Waals surface area (Å²) in [5.74, 6) is 0. The Hall–Kier alpha value is -0.810. The third-order valence-corrected chi connectivity index (χ3v) is 1.85. The SMILES string of the molecule is C[C@@H](O)CNCC(C)(C)NC(=O)OC(C)(C)C. The lowest BCUT2D eigenvalue weighted by atomic mass is 10.1. The molecule has 0 aromatic rings. The van der Waals surface area contributed by atoms with E-state index in [1.807, 2.05) is 34.6 Å². The predicted octanol–water partition coefficient (Wildman–Crippen LogP) is 1.26. The minimum atomic E-state index is -0.493. The van der Waals surface area contributed by atoms with Gasteiger partial charge in [-0.1, -0.05) is 0 Å². The highest BCUT2D eigenvalue weighted by Crippen LogP contribution is 2.08. The van der Waals surface area contributed by atoms with Crippen molar-refractivity contribution in [2.45, 2.75) is 58.8 Å². The second-order valence-corrected chi connectivity index (χ2v) is 5.99. The number of rotatable bonds is 5. The van der Waals surface area contributed by atoms with Gasteiger partial charge in [0, 0.05) is 13.1 Å². The molecule has 0 aromatic heterocycles. The number of ether oxygens (including phenoxy) is 1. The summed E-state index contributed by atoms with van der Waals surface area (Å²) in [5.41, 5.74) is -0.912. The minimum Gasteiger partial charge on any atom is -0.444 e. The molecule has 3 N–H and O–H groups in total. The Balaban J connectivity index is 4.03. The molecule has 0 saturated carbocycles. The second-order valence-electron chi connectivity index (χ2n) is 5.99. The zero-order valence-corrected chi connectivity index (χ0v) is 11.8. The second kappa shape index (κ2) is 6.21. The summed E-state index contributed by atoms with van der Waals surface area (Å²) in [6.07, 6.45) is -0.825. The van der Waals surface area contributed by atoms with E-state index in [0.717, 1.165) is 0 Å². The van der Waals surface area contributed by atoms with E-state index in [2.05, 4.69) is 10.6 Å². The van der Waals surface area contributed by atoms with Gasteiger partial charge in [-0.15, -0.1) is 0 Å². The molecule has 5 heteroatoms. The van der Waals surface area contributed by atoms with Gasteiger partial charge in [-0.25, -0.2) is 4.79 Å². The Bertz CT molecular complexity index is 245. The summed E-state index contributed by atoms with van der Waals surface area (Å²) in [6.45, 7) is 12.0. The van der Waals surface area contributed by atoms with E-state index in [1.165, 1.54) is 0 Å². The standard InChI is InChI=1S/C12H26N2O3/c1-9(15)7-13-8-12(5,6)14-10(16)17-11(2,3)4/h9,13,15H,7-8H2,1-6H3,(H,14,16)/t9-/m1/s1. The van der Waals surface area contributed by atoms with Crippen LogP contribution in [0.4, 0.5) is 4.79 Å². The molecule has 0 aliphatic carbocycles. The fourth-order valence-electron chi connectivity index (χ4n) is 1.22. The van der Waals surface area contributed by atoms with Crippen LogP contribution in [0.1, 0.15) is 41.5 Å². The molecule has 0 fully saturated rings. The Morgan fingerprint density at radius 1 is 1.29 bits per heavy atom. The first-order chi connectivity index (χ1) is 7.52. The lowest BCUT2D eigenvalue weighted by Crippen LogP contribution is -2.52. The summed E-state index contributed by atoms with van der Waals surface area (Å²) >= 11 is 0. The minimum absolute atomic E-state index is 0.396. The topological polar surface area (TPSA) is 70.6 Å². The summed E-state index contributed by atoms with van der Waals surface area (Å²) in [5, 5.41) is 15.0. The predicted molar refractivity (Wildman–Crippen MR) is 68.0 cm³/mol. The number of carbonyl (C=O) groups excluding carboxylic acids is 1. The van der Waals surface area contributed by atoms with Crippen molar-refractivity contribution in [3.05, 3.63) is 0 Å². The van der Waals surface area contributed by atoms with E-state index in [-0.39, 0.29) is 0 Å². The molecule has 0 aromatic carbocycles. The van der Waals surface area contributed by atoms with E-state index < -0.39 is 23.3 Å². The zero-order chi connectivity index (χ0) is 13.7. The maximum atomic E-state index is 11.6. The number of aliphatic hydroxyl groups is 1. The molecule has 0 bridgehead atoms. The van der Waals surface area contributed by atoms with E-state index in [4.69, 9.17) is 9.84 Å². The average Bonchev–Trinajstić information content (AvgIpc) is 1.96. The third kappa shape index (κ3) is 10.1. The molecular formula is C12H26N2O3. The molecule has 102 valence electrons. The number of alkyl carbamates (subject to hydrolysis) is 1. The van der Waals surface area contributed by atoms with Gasteiger partial charge in [0.1, 0.15) is 5.60 Å². The van der Waals surface area contributed by atoms with Crippen molar-refractivity contribution in [2.24, 2.45) is 0 Å². The molecule has 0 aliphatic rings. The monoisotopic (exact) mass is 246 g/mol. The van der Waals surface area contributed by atoms with Crippen LogP contribution in [0.2, 0.25) is 0 Å². The van der Waals surface area contributed by atoms with Crippen molar-refractivity contribution < 1.29 is 14.6 Å². The van der Waals surface area contributed by atoms with Crippen LogP contribution in [0.15, 0.2) is 0 Å². The van der Waals surface area contributed by atoms with Crippen LogP contribution in [-0.2, 0) is 4.74 Å². The first-order valence-corrected chi connectivity index (χ1v) is 5.92. The van der Waals surface area contributed by atoms with Crippen molar-refractivity contribution in [1.29, 1.82) is 0 Å². The number of carbonyl (C=O) groups is 1. The molecule has 0 rings (SSSR count). The number of hydrogen-bond acceptors (Lipinski definition) is 4. The first-order valence-electron chi connectivity index (χ1n) is 5.92. The lowest BCUT2D eigenvalue weighted by Gasteiger charge is -2.29. The zero-order valence-electron chi connectivity index (χ0n) is 11.8. The van der Waals surface area contributed by atoms with Crippen LogP contribution in [0, 0.1) is 0 Å². The normalized spacial score (nSPS) is 14.3. The van der Waals surface area contributed by atoms with Crippen molar-refractivity contribution in [2.75, 3.05) is 13.1 Å². The summed E-state index contributed by atoms with van der Waals surface area (Å²) < 4.78 is 5.17. The summed E-state index contributed by atoms with van der Waals surface area (Å²) in [4.78, 5) is 11.6. The maximum absolute atomic E-state index is 11.6. The van der Waals surface area contributed by atoms with Gasteiger partial charge in [0.25, 0.3) is 0 Å². The summed E-state index contributed by atoms with van der Waals surface area (Å²) in [7, 11) is 0. The Morgan fingerprint density at radius 2 is 1.82 bits per heavy atom. The first kappa shape index (κ1) is 16.2. The van der Waals surface area contributed by atoms with Crippen LogP contribution in [-0.4, -0.2) is 41.5 Å². The molecule has 17 heavy (non-hydrogen) atoms. The highest BCUT2D eigenvalue weighted by molar-refractivity contribution is 5.68. The van der Waals surface area contributed by atoms with E-state index in [1.54, 1.807) is 6.92 Å². The van der Waals surface area contributed by atoms with Crippen LogP contribution >= 0.6 is 0 Å². The van der Waals surface area contributed by atoms with Crippen LogP contribution in [0.5, 0.6) is 0 Å². The molecule has 0 unspecified atom stereocenters. The third-order valence-electron chi connectivity index (χ3n) is 1.85. The number of nitrogens with one attached hydrogen (secondary N) is 2. The molecule has 0 saturated heterocycles. The molecule has 0 aliphatic heterocycles. The molecule has 1 atom stereocenters. The summed E-state index contributed by atoms with van der Waals surface area (Å²) in [6, 6.07) is 0.